The maximum absolute atomic E-state index is 10.9. The van der Waals surface area contributed by atoms with Crippen molar-refractivity contribution in [2.45, 2.75) is 71.8 Å². The van der Waals surface area contributed by atoms with E-state index in [9.17, 15) is 9.90 Å². The van der Waals surface area contributed by atoms with Crippen molar-refractivity contribution in [2.75, 3.05) is 0 Å². The molecule has 0 heterocycles. The van der Waals surface area contributed by atoms with E-state index in [1.165, 1.54) is 12.8 Å². The normalized spacial score (nSPS) is 16.8. The van der Waals surface area contributed by atoms with Crippen molar-refractivity contribution < 1.29 is 15.0 Å². The lowest BCUT2D eigenvalue weighted by molar-refractivity contribution is -0.142. The van der Waals surface area contributed by atoms with Crippen LogP contribution in [0.5, 0.6) is 0 Å². The van der Waals surface area contributed by atoms with Gasteiger partial charge in [-0.05, 0) is 19.8 Å². The van der Waals surface area contributed by atoms with Gasteiger partial charge in [-0.25, -0.2) is 0 Å². The van der Waals surface area contributed by atoms with Crippen LogP contribution in [0, 0.1) is 5.41 Å². The molecule has 0 fully saturated rings. The van der Waals surface area contributed by atoms with Gasteiger partial charge in [0.25, 0.3) is 0 Å². The van der Waals surface area contributed by atoms with Gasteiger partial charge in [-0.1, -0.05) is 39.5 Å². The van der Waals surface area contributed by atoms with Gasteiger partial charge in [-0.15, -0.1) is 0 Å². The molecule has 0 aromatic rings. The molecule has 3 nitrogen and oxygen atoms in total. The van der Waals surface area contributed by atoms with Crippen LogP contribution >= 0.6 is 0 Å². The van der Waals surface area contributed by atoms with Gasteiger partial charge in [-0.3, -0.25) is 4.79 Å². The summed E-state index contributed by atoms with van der Waals surface area (Å²) in [5, 5.41) is 18.7. The summed E-state index contributed by atoms with van der Waals surface area (Å²) in [7, 11) is 0. The number of aliphatic carboxylic acids is 1. The molecule has 0 aromatic heterocycles. The highest BCUT2D eigenvalue weighted by molar-refractivity contribution is 5.67. The Labute approximate surface area is 98.9 Å². The predicted molar refractivity (Wildman–Crippen MR) is 65.4 cm³/mol. The second-order valence-electron chi connectivity index (χ2n) is 4.77. The summed E-state index contributed by atoms with van der Waals surface area (Å²) >= 11 is 0. The Hall–Kier alpha value is -0.570. The van der Waals surface area contributed by atoms with Crippen LogP contribution in [0.3, 0.4) is 0 Å². The topological polar surface area (TPSA) is 57.5 Å². The number of rotatable bonds is 9. The lowest BCUT2D eigenvalue weighted by Gasteiger charge is -2.34. The average molecular weight is 230 g/mol. The summed E-state index contributed by atoms with van der Waals surface area (Å²) in [6, 6.07) is 0. The van der Waals surface area contributed by atoms with Gasteiger partial charge in [-0.2, -0.15) is 0 Å². The SMILES string of the molecule is CCCCCCC(CC)(CC(=O)O)C(C)O. The Bertz CT molecular complexity index is 201. The molecule has 0 bridgehead atoms. The van der Waals surface area contributed by atoms with Crippen molar-refractivity contribution in [1.29, 1.82) is 0 Å². The molecule has 0 amide bonds. The summed E-state index contributed by atoms with van der Waals surface area (Å²) in [5.41, 5.74) is -0.431. The van der Waals surface area contributed by atoms with Crippen LogP contribution in [0.4, 0.5) is 0 Å². The third-order valence-corrected chi connectivity index (χ3v) is 3.62. The fourth-order valence-corrected chi connectivity index (χ4v) is 2.25. The summed E-state index contributed by atoms with van der Waals surface area (Å²) in [5.74, 6) is -0.807. The van der Waals surface area contributed by atoms with E-state index >= 15 is 0 Å². The van der Waals surface area contributed by atoms with E-state index in [1.54, 1.807) is 6.92 Å². The lowest BCUT2D eigenvalue weighted by atomic mass is 9.73. The Morgan fingerprint density at radius 3 is 2.25 bits per heavy atom. The minimum absolute atomic E-state index is 0.0767. The molecule has 0 rings (SSSR count). The van der Waals surface area contributed by atoms with Gasteiger partial charge < -0.3 is 10.2 Å². The Morgan fingerprint density at radius 1 is 1.25 bits per heavy atom. The molecule has 0 spiro atoms. The molecule has 0 aliphatic heterocycles. The van der Waals surface area contributed by atoms with Gasteiger partial charge in [0.15, 0.2) is 0 Å². The molecule has 2 atom stereocenters. The average Bonchev–Trinajstić information content (AvgIpc) is 2.21. The van der Waals surface area contributed by atoms with Crippen molar-refractivity contribution in [2.24, 2.45) is 5.41 Å². The fourth-order valence-electron chi connectivity index (χ4n) is 2.25. The molecular formula is C13H26O3. The number of carboxylic acids is 1. The molecule has 3 heteroatoms. The fraction of sp³-hybridized carbons (Fsp3) is 0.923. The van der Waals surface area contributed by atoms with Crippen molar-refractivity contribution in [3.05, 3.63) is 0 Å². The molecule has 0 saturated heterocycles. The van der Waals surface area contributed by atoms with Gasteiger partial charge >= 0.3 is 5.97 Å². The molecular weight excluding hydrogens is 204 g/mol. The Morgan fingerprint density at radius 2 is 1.88 bits per heavy atom. The van der Waals surface area contributed by atoms with Crippen LogP contribution in [0.25, 0.3) is 0 Å². The minimum atomic E-state index is -0.807. The summed E-state index contributed by atoms with van der Waals surface area (Å²) in [4.78, 5) is 10.9. The zero-order chi connectivity index (χ0) is 12.6. The number of aliphatic hydroxyl groups is 1. The van der Waals surface area contributed by atoms with E-state index in [-0.39, 0.29) is 6.42 Å². The highest BCUT2D eigenvalue weighted by Crippen LogP contribution is 2.36. The van der Waals surface area contributed by atoms with Crippen LogP contribution < -0.4 is 0 Å². The number of carbonyl (C=O) groups is 1. The van der Waals surface area contributed by atoms with Crippen molar-refractivity contribution >= 4 is 5.97 Å². The Balaban J connectivity index is 4.33. The number of unbranched alkanes of at least 4 members (excludes halogenated alkanes) is 3. The lowest BCUT2D eigenvalue weighted by Crippen LogP contribution is -2.35. The third kappa shape index (κ3) is 4.97. The van der Waals surface area contributed by atoms with E-state index < -0.39 is 17.5 Å². The van der Waals surface area contributed by atoms with E-state index in [2.05, 4.69) is 6.92 Å². The smallest absolute Gasteiger partial charge is 0.304 e. The zero-order valence-electron chi connectivity index (χ0n) is 10.8. The van der Waals surface area contributed by atoms with E-state index in [4.69, 9.17) is 5.11 Å². The number of hydrogen-bond donors (Lipinski definition) is 2. The van der Waals surface area contributed by atoms with Crippen molar-refractivity contribution in [3.8, 4) is 0 Å². The highest BCUT2D eigenvalue weighted by Gasteiger charge is 2.35. The minimum Gasteiger partial charge on any atom is -0.481 e. The van der Waals surface area contributed by atoms with Crippen LogP contribution in [-0.4, -0.2) is 22.3 Å². The molecule has 96 valence electrons. The van der Waals surface area contributed by atoms with Crippen LogP contribution in [-0.2, 0) is 4.79 Å². The summed E-state index contributed by atoms with van der Waals surface area (Å²) in [6.45, 7) is 5.83. The van der Waals surface area contributed by atoms with Gasteiger partial charge in [0.2, 0.25) is 0 Å². The molecule has 0 aliphatic rings. The Kier molecular flexibility index (Phi) is 7.39. The highest BCUT2D eigenvalue weighted by atomic mass is 16.4. The van der Waals surface area contributed by atoms with Gasteiger partial charge in [0.05, 0.1) is 12.5 Å². The van der Waals surface area contributed by atoms with E-state index in [1.807, 2.05) is 6.92 Å². The van der Waals surface area contributed by atoms with Crippen molar-refractivity contribution in [3.63, 3.8) is 0 Å². The van der Waals surface area contributed by atoms with E-state index in [0.29, 0.717) is 0 Å². The first kappa shape index (κ1) is 15.4. The van der Waals surface area contributed by atoms with Gasteiger partial charge in [0.1, 0.15) is 0 Å². The van der Waals surface area contributed by atoms with Crippen molar-refractivity contribution in [1.82, 2.24) is 0 Å². The predicted octanol–water partition coefficient (Wildman–Crippen LogP) is 3.21. The van der Waals surface area contributed by atoms with E-state index in [0.717, 1.165) is 25.7 Å². The molecule has 0 aromatic carbocycles. The van der Waals surface area contributed by atoms with Crippen LogP contribution in [0.1, 0.15) is 65.7 Å². The summed E-state index contributed by atoms with van der Waals surface area (Å²) < 4.78 is 0. The van der Waals surface area contributed by atoms with Crippen LogP contribution in [0.2, 0.25) is 0 Å². The molecule has 2 unspecified atom stereocenters. The second-order valence-corrected chi connectivity index (χ2v) is 4.77. The standard InChI is InChI=1S/C13H26O3/c1-4-6-7-8-9-13(5-2,11(3)14)10-12(15)16/h11,14H,4-10H2,1-3H3,(H,15,16). The van der Waals surface area contributed by atoms with Gasteiger partial charge in [0, 0.05) is 5.41 Å². The van der Waals surface area contributed by atoms with Crippen LogP contribution in [0.15, 0.2) is 0 Å². The molecule has 0 aliphatic carbocycles. The molecule has 0 radical (unpaired) electrons. The quantitative estimate of drug-likeness (QED) is 0.598. The maximum Gasteiger partial charge on any atom is 0.304 e. The molecule has 0 saturated carbocycles. The number of hydrogen-bond acceptors (Lipinski definition) is 2. The first-order valence-corrected chi connectivity index (χ1v) is 6.38. The molecule has 2 N–H and O–H groups in total. The number of carboxylic acid groups (broad SMARTS) is 1. The monoisotopic (exact) mass is 230 g/mol. The third-order valence-electron chi connectivity index (χ3n) is 3.62. The first-order valence-electron chi connectivity index (χ1n) is 6.38. The zero-order valence-corrected chi connectivity index (χ0v) is 10.8. The number of aliphatic hydroxyl groups excluding tert-OH is 1. The maximum atomic E-state index is 10.9. The largest absolute Gasteiger partial charge is 0.481 e. The first-order chi connectivity index (χ1) is 7.48. The second kappa shape index (κ2) is 7.66. The molecule has 16 heavy (non-hydrogen) atoms. The summed E-state index contributed by atoms with van der Waals surface area (Å²) in [6.07, 6.45) is 5.57.